The average Bonchev–Trinajstić information content (AvgIpc) is 3.41. The Morgan fingerprint density at radius 2 is 1.88 bits per heavy atom. The van der Waals surface area contributed by atoms with E-state index in [4.69, 9.17) is 16.6 Å². The van der Waals surface area contributed by atoms with Gasteiger partial charge in [-0.1, -0.05) is 52.8 Å². The van der Waals surface area contributed by atoms with Crippen LogP contribution in [0, 0.1) is 19.8 Å². The normalized spacial score (nSPS) is 17.2. The van der Waals surface area contributed by atoms with Crippen LogP contribution in [0.1, 0.15) is 42.6 Å². The Morgan fingerprint density at radius 1 is 1.15 bits per heavy atom. The molecule has 0 saturated carbocycles. The van der Waals surface area contributed by atoms with E-state index in [-0.39, 0.29) is 17.9 Å². The minimum Gasteiger partial charge on any atom is -0.349 e. The number of anilines is 1. The molecular weight excluding hydrogens is 466 g/mol. The standard InChI is InChI=1S/C26H28ClN5OS/c1-16-6-8-19(9-7-16)17(2)28-25(33)20-5-4-14-31(15-20)26-29-24-23(34-26)18(3)30-32(24)22-12-10-21(27)11-13-22/h6-13,17,20H,4-5,14-15H2,1-3H3,(H,28,33)/t17-,20+/m1/s1. The summed E-state index contributed by atoms with van der Waals surface area (Å²) in [5.74, 6) is 0.0601. The van der Waals surface area contributed by atoms with Crippen LogP contribution >= 0.6 is 22.9 Å². The van der Waals surface area contributed by atoms with Gasteiger partial charge in [-0.3, -0.25) is 4.79 Å². The number of benzene rings is 2. The Morgan fingerprint density at radius 3 is 2.62 bits per heavy atom. The lowest BCUT2D eigenvalue weighted by molar-refractivity contribution is -0.125. The summed E-state index contributed by atoms with van der Waals surface area (Å²) in [5, 5.41) is 9.54. The maximum Gasteiger partial charge on any atom is 0.225 e. The van der Waals surface area contributed by atoms with E-state index >= 15 is 0 Å². The lowest BCUT2D eigenvalue weighted by atomic mass is 9.96. The topological polar surface area (TPSA) is 63.1 Å². The van der Waals surface area contributed by atoms with Crippen molar-refractivity contribution in [2.75, 3.05) is 18.0 Å². The molecule has 1 saturated heterocycles. The molecule has 1 aliphatic rings. The highest BCUT2D eigenvalue weighted by molar-refractivity contribution is 7.22. The summed E-state index contributed by atoms with van der Waals surface area (Å²) < 4.78 is 2.95. The molecule has 1 fully saturated rings. The second-order valence-electron chi connectivity index (χ2n) is 9.05. The lowest BCUT2D eigenvalue weighted by Gasteiger charge is -2.32. The van der Waals surface area contributed by atoms with E-state index in [0.717, 1.165) is 51.8 Å². The van der Waals surface area contributed by atoms with Crippen LogP contribution < -0.4 is 10.2 Å². The van der Waals surface area contributed by atoms with Crippen LogP contribution in [0.4, 0.5) is 5.13 Å². The number of hydrogen-bond donors (Lipinski definition) is 1. The zero-order chi connectivity index (χ0) is 23.8. The second-order valence-corrected chi connectivity index (χ2v) is 10.5. The van der Waals surface area contributed by atoms with Gasteiger partial charge in [-0.25, -0.2) is 4.68 Å². The van der Waals surface area contributed by atoms with E-state index in [1.807, 2.05) is 42.8 Å². The first-order chi connectivity index (χ1) is 16.4. The Labute approximate surface area is 208 Å². The summed E-state index contributed by atoms with van der Waals surface area (Å²) in [4.78, 5) is 20.3. The Balaban J connectivity index is 1.32. The predicted molar refractivity (Wildman–Crippen MR) is 139 cm³/mol. The van der Waals surface area contributed by atoms with Gasteiger partial charge in [-0.2, -0.15) is 10.1 Å². The van der Waals surface area contributed by atoms with Gasteiger partial charge in [0.25, 0.3) is 0 Å². The van der Waals surface area contributed by atoms with Crippen molar-refractivity contribution in [1.29, 1.82) is 0 Å². The highest BCUT2D eigenvalue weighted by atomic mass is 35.5. The van der Waals surface area contributed by atoms with E-state index in [1.165, 1.54) is 5.56 Å². The van der Waals surface area contributed by atoms with Gasteiger partial charge in [0.1, 0.15) is 0 Å². The average molecular weight is 494 g/mol. The molecular formula is C26H28ClN5OS. The number of piperidine rings is 1. The number of nitrogens with zero attached hydrogens (tertiary/aromatic N) is 4. The van der Waals surface area contributed by atoms with Crippen LogP contribution in [-0.4, -0.2) is 33.8 Å². The molecule has 0 unspecified atom stereocenters. The number of aromatic nitrogens is 3. The summed E-state index contributed by atoms with van der Waals surface area (Å²) in [6.45, 7) is 7.70. The third-order valence-corrected chi connectivity index (χ3v) is 7.91. The van der Waals surface area contributed by atoms with Gasteiger partial charge >= 0.3 is 0 Å². The first-order valence-electron chi connectivity index (χ1n) is 11.6. The van der Waals surface area contributed by atoms with Crippen molar-refractivity contribution in [3.63, 3.8) is 0 Å². The van der Waals surface area contributed by atoms with Crippen molar-refractivity contribution in [3.8, 4) is 5.69 Å². The number of aryl methyl sites for hydroxylation is 2. The summed E-state index contributed by atoms with van der Waals surface area (Å²) in [7, 11) is 0. The molecule has 0 aliphatic carbocycles. The van der Waals surface area contributed by atoms with Crippen LogP contribution in [0.15, 0.2) is 48.5 Å². The zero-order valence-electron chi connectivity index (χ0n) is 19.6. The number of carbonyl (C=O) groups is 1. The molecule has 34 heavy (non-hydrogen) atoms. The van der Waals surface area contributed by atoms with Crippen molar-refractivity contribution < 1.29 is 4.79 Å². The molecule has 0 spiro atoms. The molecule has 2 aromatic carbocycles. The van der Waals surface area contributed by atoms with Crippen molar-refractivity contribution in [3.05, 3.63) is 70.4 Å². The van der Waals surface area contributed by atoms with Crippen molar-refractivity contribution in [1.82, 2.24) is 20.1 Å². The maximum atomic E-state index is 13.1. The third kappa shape index (κ3) is 4.55. The third-order valence-electron chi connectivity index (χ3n) is 6.45. The van der Waals surface area contributed by atoms with Crippen LogP contribution in [0.5, 0.6) is 0 Å². The molecule has 0 bridgehead atoms. The quantitative estimate of drug-likeness (QED) is 0.379. The molecule has 8 heteroatoms. The smallest absolute Gasteiger partial charge is 0.225 e. The molecule has 176 valence electrons. The van der Waals surface area contributed by atoms with Crippen molar-refractivity contribution >= 4 is 44.3 Å². The van der Waals surface area contributed by atoms with E-state index < -0.39 is 0 Å². The van der Waals surface area contributed by atoms with Crippen LogP contribution in [0.25, 0.3) is 16.0 Å². The van der Waals surface area contributed by atoms with Gasteiger partial charge in [-0.05, 0) is 63.4 Å². The van der Waals surface area contributed by atoms with Crippen LogP contribution in [0.2, 0.25) is 5.02 Å². The van der Waals surface area contributed by atoms with Crippen LogP contribution in [-0.2, 0) is 4.79 Å². The summed E-state index contributed by atoms with van der Waals surface area (Å²) in [5.41, 5.74) is 5.07. The molecule has 0 radical (unpaired) electrons. The largest absolute Gasteiger partial charge is 0.349 e. The fraction of sp³-hybridized carbons (Fsp3) is 0.346. The highest BCUT2D eigenvalue weighted by Crippen LogP contribution is 2.34. The number of hydrogen-bond acceptors (Lipinski definition) is 5. The van der Waals surface area contributed by atoms with E-state index in [9.17, 15) is 4.79 Å². The molecule has 4 aromatic rings. The Bertz CT molecular complexity index is 1310. The number of halogens is 1. The van der Waals surface area contributed by atoms with Gasteiger partial charge in [0.15, 0.2) is 10.8 Å². The molecule has 2 aromatic heterocycles. The molecule has 5 rings (SSSR count). The molecule has 1 N–H and O–H groups in total. The van der Waals surface area contributed by atoms with Gasteiger partial charge in [0, 0.05) is 18.1 Å². The summed E-state index contributed by atoms with van der Waals surface area (Å²) >= 11 is 7.71. The zero-order valence-corrected chi connectivity index (χ0v) is 21.2. The second kappa shape index (κ2) is 9.39. The minimum atomic E-state index is -0.0532. The van der Waals surface area contributed by atoms with E-state index in [2.05, 4.69) is 46.5 Å². The number of rotatable bonds is 5. The van der Waals surface area contributed by atoms with E-state index in [1.54, 1.807) is 11.3 Å². The summed E-state index contributed by atoms with van der Waals surface area (Å²) in [6, 6.07) is 15.9. The first-order valence-corrected chi connectivity index (χ1v) is 12.8. The van der Waals surface area contributed by atoms with Crippen molar-refractivity contribution in [2.45, 2.75) is 39.7 Å². The number of amides is 1. The van der Waals surface area contributed by atoms with Gasteiger partial charge in [-0.15, -0.1) is 0 Å². The number of carbonyl (C=O) groups excluding carboxylic acids is 1. The van der Waals surface area contributed by atoms with Gasteiger partial charge in [0.05, 0.1) is 28.0 Å². The molecule has 1 amide bonds. The van der Waals surface area contributed by atoms with Gasteiger partial charge < -0.3 is 10.2 Å². The molecule has 2 atom stereocenters. The summed E-state index contributed by atoms with van der Waals surface area (Å²) in [6.07, 6.45) is 1.86. The van der Waals surface area contributed by atoms with Crippen LogP contribution in [0.3, 0.4) is 0 Å². The number of thiazole rings is 1. The molecule has 6 nitrogen and oxygen atoms in total. The predicted octanol–water partition coefficient (Wildman–Crippen LogP) is 5.85. The monoisotopic (exact) mass is 493 g/mol. The van der Waals surface area contributed by atoms with E-state index in [0.29, 0.717) is 11.6 Å². The maximum absolute atomic E-state index is 13.1. The Kier molecular flexibility index (Phi) is 6.32. The Hall–Kier alpha value is -2.90. The fourth-order valence-electron chi connectivity index (χ4n) is 4.46. The fourth-order valence-corrected chi connectivity index (χ4v) is 5.60. The number of nitrogens with one attached hydrogen (secondary N) is 1. The van der Waals surface area contributed by atoms with Crippen molar-refractivity contribution in [2.24, 2.45) is 5.92 Å². The molecule has 3 heterocycles. The SMILES string of the molecule is Cc1ccc([C@@H](C)NC(=O)[C@H]2CCCN(c3nc4c(s3)c(C)nn4-c3ccc(Cl)cc3)C2)cc1. The molecule has 1 aliphatic heterocycles. The first kappa shape index (κ1) is 22.9. The highest BCUT2D eigenvalue weighted by Gasteiger charge is 2.29. The van der Waals surface area contributed by atoms with Gasteiger partial charge in [0.2, 0.25) is 5.91 Å². The number of fused-ring (bicyclic) bond motifs is 1. The minimum absolute atomic E-state index is 0.0149. The lowest BCUT2D eigenvalue weighted by Crippen LogP contribution is -2.43.